The van der Waals surface area contributed by atoms with E-state index < -0.39 is 6.04 Å². The minimum Gasteiger partial charge on any atom is -0.351 e. The maximum absolute atomic E-state index is 13.5. The first-order chi connectivity index (χ1) is 15.0. The highest BCUT2D eigenvalue weighted by molar-refractivity contribution is 6.30. The first-order valence-electron chi connectivity index (χ1n) is 10.6. The van der Waals surface area contributed by atoms with Crippen LogP contribution in [0.4, 0.5) is 4.39 Å². The molecular weight excluding hydrogens is 438 g/mol. The van der Waals surface area contributed by atoms with Crippen molar-refractivity contribution in [3.63, 3.8) is 0 Å². The number of carbonyl (C=O) groups is 2. The van der Waals surface area contributed by atoms with Gasteiger partial charge in [0.25, 0.3) is 0 Å². The van der Waals surface area contributed by atoms with Gasteiger partial charge in [0.05, 0.1) is 0 Å². The maximum Gasteiger partial charge on any atom is 0.247 e. The fraction of sp³-hybridized carbons (Fsp3) is 0.417. The minimum atomic E-state index is -0.864. The van der Waals surface area contributed by atoms with Crippen LogP contribution in [0.3, 0.4) is 0 Å². The molecule has 31 heavy (non-hydrogen) atoms. The lowest BCUT2D eigenvalue weighted by Crippen LogP contribution is -2.46. The van der Waals surface area contributed by atoms with Crippen molar-refractivity contribution in [2.45, 2.75) is 57.2 Å². The Hall–Kier alpha value is -2.11. The standard InChI is InChI=1S/C24H27Cl2FN2O2/c25-15-22(30)29(16-17-7-13-20(27)14-8-17)23(18-9-11-19(26)12-10-18)24(31)28-21-5-3-1-2-4-6-21/h7-14,21,23H,1-6,15-16H2,(H,28,31)/t23-/m0/s1. The Kier molecular flexibility index (Phi) is 8.73. The van der Waals surface area contributed by atoms with E-state index >= 15 is 0 Å². The molecule has 0 saturated heterocycles. The van der Waals surface area contributed by atoms with Crippen LogP contribution in [0.25, 0.3) is 0 Å². The fourth-order valence-corrected chi connectivity index (χ4v) is 4.29. The van der Waals surface area contributed by atoms with Gasteiger partial charge in [-0.1, -0.05) is 61.5 Å². The maximum atomic E-state index is 13.5. The second kappa shape index (κ2) is 11.5. The first-order valence-corrected chi connectivity index (χ1v) is 11.5. The average molecular weight is 465 g/mol. The van der Waals surface area contributed by atoms with Crippen molar-refractivity contribution in [1.29, 1.82) is 0 Å². The highest BCUT2D eigenvalue weighted by atomic mass is 35.5. The predicted molar refractivity (Wildman–Crippen MR) is 121 cm³/mol. The van der Waals surface area contributed by atoms with Crippen molar-refractivity contribution in [3.8, 4) is 0 Å². The van der Waals surface area contributed by atoms with E-state index in [0.29, 0.717) is 16.1 Å². The van der Waals surface area contributed by atoms with Gasteiger partial charge in [-0.2, -0.15) is 0 Å². The molecule has 7 heteroatoms. The lowest BCUT2D eigenvalue weighted by atomic mass is 10.0. The summed E-state index contributed by atoms with van der Waals surface area (Å²) in [5.74, 6) is -1.24. The van der Waals surface area contributed by atoms with Gasteiger partial charge in [-0.05, 0) is 48.2 Å². The van der Waals surface area contributed by atoms with E-state index in [4.69, 9.17) is 23.2 Å². The van der Waals surface area contributed by atoms with Gasteiger partial charge >= 0.3 is 0 Å². The van der Waals surface area contributed by atoms with Crippen molar-refractivity contribution in [2.75, 3.05) is 5.88 Å². The number of benzene rings is 2. The smallest absolute Gasteiger partial charge is 0.247 e. The van der Waals surface area contributed by atoms with Crippen molar-refractivity contribution in [3.05, 3.63) is 70.5 Å². The van der Waals surface area contributed by atoms with Crippen LogP contribution in [-0.4, -0.2) is 28.6 Å². The van der Waals surface area contributed by atoms with Crippen LogP contribution < -0.4 is 5.32 Å². The Labute approximate surface area is 192 Å². The summed E-state index contributed by atoms with van der Waals surface area (Å²) >= 11 is 12.0. The molecule has 2 aromatic carbocycles. The number of hydrogen-bond acceptors (Lipinski definition) is 2. The monoisotopic (exact) mass is 464 g/mol. The Morgan fingerprint density at radius 3 is 2.19 bits per heavy atom. The largest absolute Gasteiger partial charge is 0.351 e. The number of hydrogen-bond donors (Lipinski definition) is 1. The topological polar surface area (TPSA) is 49.4 Å². The van der Waals surface area contributed by atoms with E-state index in [2.05, 4.69) is 5.32 Å². The van der Waals surface area contributed by atoms with Crippen LogP contribution in [0.2, 0.25) is 5.02 Å². The average Bonchev–Trinajstić information content (AvgIpc) is 3.04. The SMILES string of the molecule is O=C(NC1CCCCCC1)[C@H](c1ccc(Cl)cc1)N(Cc1ccc(F)cc1)C(=O)CCl. The summed E-state index contributed by atoms with van der Waals surface area (Å²) in [7, 11) is 0. The third-order valence-corrected chi connectivity index (χ3v) is 6.13. The highest BCUT2D eigenvalue weighted by Gasteiger charge is 2.32. The minimum absolute atomic E-state index is 0.0866. The molecule has 1 N–H and O–H groups in total. The second-order valence-corrected chi connectivity index (χ2v) is 8.64. The summed E-state index contributed by atoms with van der Waals surface area (Å²) in [6.45, 7) is 0.136. The zero-order chi connectivity index (χ0) is 22.2. The molecule has 1 aliphatic rings. The van der Waals surface area contributed by atoms with Crippen LogP contribution in [-0.2, 0) is 16.1 Å². The molecule has 3 rings (SSSR count). The van der Waals surface area contributed by atoms with Gasteiger partial charge in [-0.15, -0.1) is 11.6 Å². The number of nitrogens with zero attached hydrogens (tertiary/aromatic N) is 1. The molecule has 1 fully saturated rings. The Morgan fingerprint density at radius 2 is 1.61 bits per heavy atom. The summed E-state index contributed by atoms with van der Waals surface area (Å²) in [5.41, 5.74) is 1.36. The zero-order valence-corrected chi connectivity index (χ0v) is 18.8. The normalized spacial score (nSPS) is 15.7. The Morgan fingerprint density at radius 1 is 1.00 bits per heavy atom. The molecular formula is C24H27Cl2FN2O2. The van der Waals surface area contributed by atoms with Crippen molar-refractivity contribution in [2.24, 2.45) is 0 Å². The van der Waals surface area contributed by atoms with E-state index in [-0.39, 0.29) is 36.1 Å². The lowest BCUT2D eigenvalue weighted by Gasteiger charge is -2.32. The van der Waals surface area contributed by atoms with Crippen LogP contribution >= 0.6 is 23.2 Å². The molecule has 0 aliphatic heterocycles. The van der Waals surface area contributed by atoms with E-state index in [9.17, 15) is 14.0 Å². The van der Waals surface area contributed by atoms with Crippen molar-refractivity contribution in [1.82, 2.24) is 10.2 Å². The van der Waals surface area contributed by atoms with Gasteiger partial charge in [0.1, 0.15) is 17.7 Å². The van der Waals surface area contributed by atoms with Gasteiger partial charge < -0.3 is 10.2 Å². The summed E-state index contributed by atoms with van der Waals surface area (Å²) in [6.07, 6.45) is 6.37. The van der Waals surface area contributed by atoms with E-state index in [1.54, 1.807) is 36.4 Å². The molecule has 0 radical (unpaired) electrons. The summed E-state index contributed by atoms with van der Waals surface area (Å²) in [5, 5.41) is 3.70. The van der Waals surface area contributed by atoms with Gasteiger partial charge in [0, 0.05) is 17.6 Å². The van der Waals surface area contributed by atoms with Gasteiger partial charge in [0.2, 0.25) is 11.8 Å². The molecule has 0 heterocycles. The molecule has 1 saturated carbocycles. The van der Waals surface area contributed by atoms with Crippen LogP contribution in [0.5, 0.6) is 0 Å². The molecule has 1 atom stereocenters. The fourth-order valence-electron chi connectivity index (χ4n) is 4.01. The number of amides is 2. The van der Waals surface area contributed by atoms with E-state index in [1.807, 2.05) is 0 Å². The molecule has 0 bridgehead atoms. The third-order valence-electron chi connectivity index (χ3n) is 5.65. The van der Waals surface area contributed by atoms with Gasteiger partial charge in [-0.3, -0.25) is 9.59 Å². The van der Waals surface area contributed by atoms with Crippen LogP contribution in [0, 0.1) is 5.82 Å². The molecule has 1 aliphatic carbocycles. The lowest BCUT2D eigenvalue weighted by molar-refractivity contribution is -0.140. The Bertz CT molecular complexity index is 866. The van der Waals surface area contributed by atoms with Gasteiger partial charge in [0.15, 0.2) is 0 Å². The summed E-state index contributed by atoms with van der Waals surface area (Å²) in [4.78, 5) is 27.8. The van der Waals surface area contributed by atoms with E-state index in [0.717, 1.165) is 25.7 Å². The molecule has 0 spiro atoms. The molecule has 0 aromatic heterocycles. The van der Waals surface area contributed by atoms with Crippen molar-refractivity contribution < 1.29 is 14.0 Å². The van der Waals surface area contributed by atoms with Crippen LogP contribution in [0.15, 0.2) is 48.5 Å². The molecule has 2 aromatic rings. The number of alkyl halides is 1. The number of rotatable bonds is 7. The number of halogens is 3. The predicted octanol–water partition coefficient (Wildman–Crippen LogP) is 5.63. The summed E-state index contributed by atoms with van der Waals surface area (Å²) in [6, 6.07) is 12.0. The second-order valence-electron chi connectivity index (χ2n) is 7.93. The third kappa shape index (κ3) is 6.68. The molecule has 4 nitrogen and oxygen atoms in total. The van der Waals surface area contributed by atoms with E-state index in [1.165, 1.54) is 29.9 Å². The Balaban J connectivity index is 1.92. The van der Waals surface area contributed by atoms with Gasteiger partial charge in [-0.25, -0.2) is 4.39 Å². The highest BCUT2D eigenvalue weighted by Crippen LogP contribution is 2.27. The number of carbonyl (C=O) groups excluding carboxylic acids is 2. The van der Waals surface area contributed by atoms with Crippen LogP contribution in [0.1, 0.15) is 55.7 Å². The first kappa shape index (κ1) is 23.6. The van der Waals surface area contributed by atoms with Crippen molar-refractivity contribution >= 4 is 35.0 Å². The molecule has 166 valence electrons. The zero-order valence-electron chi connectivity index (χ0n) is 17.3. The number of nitrogens with one attached hydrogen (secondary N) is 1. The molecule has 0 unspecified atom stereocenters. The molecule has 2 amide bonds. The quantitative estimate of drug-likeness (QED) is 0.426. The summed E-state index contributed by atoms with van der Waals surface area (Å²) < 4.78 is 13.4.